The molecule has 0 unspecified atom stereocenters. The Labute approximate surface area is 142 Å². The van der Waals surface area contributed by atoms with E-state index in [9.17, 15) is 10.2 Å². The second-order valence-corrected chi connectivity index (χ2v) is 6.41. The molecular weight excluding hydrogens is 312 g/mol. The lowest BCUT2D eigenvalue weighted by Crippen LogP contribution is -2.44. The summed E-state index contributed by atoms with van der Waals surface area (Å²) in [6, 6.07) is 0.378. The Bertz CT molecular complexity index is 592. The smallest absolute Gasteiger partial charge is 0.187 e. The fourth-order valence-corrected chi connectivity index (χ4v) is 3.01. The lowest BCUT2D eigenvalue weighted by atomic mass is 9.86. The molecule has 2 rings (SSSR count). The van der Waals surface area contributed by atoms with Crippen LogP contribution in [-0.4, -0.2) is 32.6 Å². The van der Waals surface area contributed by atoms with Crippen LogP contribution < -0.4 is 10.7 Å². The normalized spacial score (nSPS) is 21.3. The van der Waals surface area contributed by atoms with Crippen LogP contribution in [0.15, 0.2) is 11.3 Å². The zero-order chi connectivity index (χ0) is 16.8. The molecule has 126 valence electrons. The molecule has 1 saturated carbocycles. The molecule has 0 bridgehead atoms. The van der Waals surface area contributed by atoms with Crippen molar-refractivity contribution in [1.82, 2.24) is 15.7 Å². The van der Waals surface area contributed by atoms with E-state index >= 15 is 0 Å². The van der Waals surface area contributed by atoms with Crippen molar-refractivity contribution in [2.75, 3.05) is 0 Å². The largest absolute Gasteiger partial charge is 0.505 e. The molecule has 0 spiro atoms. The van der Waals surface area contributed by atoms with Crippen molar-refractivity contribution in [3.63, 3.8) is 0 Å². The van der Waals surface area contributed by atoms with Gasteiger partial charge in [-0.05, 0) is 37.9 Å². The van der Waals surface area contributed by atoms with Gasteiger partial charge in [-0.1, -0.05) is 19.8 Å². The maximum absolute atomic E-state index is 10.0. The number of aliphatic hydroxyl groups excluding tert-OH is 1. The fraction of sp³-hybridized carbons (Fsp3) is 0.562. The van der Waals surface area contributed by atoms with E-state index in [4.69, 9.17) is 12.2 Å². The number of rotatable bonds is 4. The summed E-state index contributed by atoms with van der Waals surface area (Å²) in [4.78, 5) is 4.01. The first kappa shape index (κ1) is 17.6. The third-order valence-electron chi connectivity index (χ3n) is 4.32. The highest BCUT2D eigenvalue weighted by Gasteiger charge is 2.21. The van der Waals surface area contributed by atoms with Gasteiger partial charge >= 0.3 is 0 Å². The SMILES string of the molecule is Cc1ncc(CO)c(/C=N/NC(=S)N[C@@H]2CCCC[C@H]2C)c1O. The van der Waals surface area contributed by atoms with Crippen LogP contribution in [0.1, 0.15) is 49.4 Å². The molecule has 0 radical (unpaired) electrons. The third kappa shape index (κ3) is 4.62. The highest BCUT2D eigenvalue weighted by molar-refractivity contribution is 7.80. The summed E-state index contributed by atoms with van der Waals surface area (Å²) in [6.07, 6.45) is 7.81. The highest BCUT2D eigenvalue weighted by atomic mass is 32.1. The molecule has 0 saturated heterocycles. The Morgan fingerprint density at radius 3 is 2.91 bits per heavy atom. The number of aryl methyl sites for hydroxylation is 1. The highest BCUT2D eigenvalue weighted by Crippen LogP contribution is 2.24. The molecule has 1 heterocycles. The number of aromatic nitrogens is 1. The van der Waals surface area contributed by atoms with Crippen molar-refractivity contribution in [2.24, 2.45) is 11.0 Å². The van der Waals surface area contributed by atoms with Crippen LogP contribution in [-0.2, 0) is 6.61 Å². The topological polar surface area (TPSA) is 89.8 Å². The summed E-state index contributed by atoms with van der Waals surface area (Å²) in [6.45, 7) is 3.70. The standard InChI is InChI=1S/C16H24N4O2S/c1-10-5-3-4-6-14(10)19-16(23)20-18-8-13-12(9-21)7-17-11(2)15(13)22/h7-8,10,14,21-22H,3-6,9H2,1-2H3,(H2,19,20,23)/b18-8+/t10-,14-/m1/s1. The first-order valence-corrected chi connectivity index (χ1v) is 8.31. The molecule has 4 N–H and O–H groups in total. The van der Waals surface area contributed by atoms with Crippen LogP contribution in [0.2, 0.25) is 0 Å². The number of thiocarbonyl (C=S) groups is 1. The van der Waals surface area contributed by atoms with E-state index in [0.717, 1.165) is 6.42 Å². The predicted octanol–water partition coefficient (Wildman–Crippen LogP) is 1.96. The molecule has 7 heteroatoms. The van der Waals surface area contributed by atoms with E-state index in [1.807, 2.05) is 0 Å². The van der Waals surface area contributed by atoms with Gasteiger partial charge in [-0.2, -0.15) is 5.10 Å². The molecule has 1 aromatic heterocycles. The maximum Gasteiger partial charge on any atom is 0.187 e. The monoisotopic (exact) mass is 336 g/mol. The summed E-state index contributed by atoms with van der Waals surface area (Å²) in [7, 11) is 0. The quantitative estimate of drug-likeness (QED) is 0.382. The number of hydrogen-bond donors (Lipinski definition) is 4. The van der Waals surface area contributed by atoms with Gasteiger partial charge in [0.2, 0.25) is 0 Å². The first-order valence-electron chi connectivity index (χ1n) is 7.90. The fourth-order valence-electron chi connectivity index (χ4n) is 2.81. The molecule has 1 aliphatic carbocycles. The lowest BCUT2D eigenvalue weighted by molar-refractivity contribution is 0.280. The summed E-state index contributed by atoms with van der Waals surface area (Å²) in [5.74, 6) is 0.613. The van der Waals surface area contributed by atoms with Gasteiger partial charge in [0.1, 0.15) is 5.75 Å². The summed E-state index contributed by atoms with van der Waals surface area (Å²) in [5, 5.41) is 27.2. The average Bonchev–Trinajstić information content (AvgIpc) is 2.54. The van der Waals surface area contributed by atoms with Gasteiger partial charge in [0.05, 0.1) is 18.5 Å². The second kappa shape index (κ2) is 8.21. The summed E-state index contributed by atoms with van der Waals surface area (Å²) in [5.41, 5.74) is 4.22. The minimum absolute atomic E-state index is 0.0156. The van der Waals surface area contributed by atoms with Crippen molar-refractivity contribution in [3.8, 4) is 5.75 Å². The molecule has 0 aliphatic heterocycles. The number of hydrogen-bond acceptors (Lipinski definition) is 5. The molecule has 0 aromatic carbocycles. The van der Waals surface area contributed by atoms with Crippen molar-refractivity contribution >= 4 is 23.5 Å². The van der Waals surface area contributed by atoms with Gasteiger partial charge in [0.15, 0.2) is 5.11 Å². The van der Waals surface area contributed by atoms with Crippen molar-refractivity contribution in [3.05, 3.63) is 23.0 Å². The Balaban J connectivity index is 1.96. The number of hydrazone groups is 1. The molecule has 1 fully saturated rings. The minimum atomic E-state index is -0.218. The van der Waals surface area contributed by atoms with Crippen LogP contribution in [0.5, 0.6) is 5.75 Å². The number of aliphatic hydroxyl groups is 1. The molecule has 23 heavy (non-hydrogen) atoms. The van der Waals surface area contributed by atoms with Gasteiger partial charge in [0.25, 0.3) is 0 Å². The van der Waals surface area contributed by atoms with Gasteiger partial charge in [-0.3, -0.25) is 10.4 Å². The van der Waals surface area contributed by atoms with E-state index in [1.54, 1.807) is 6.92 Å². The Hall–Kier alpha value is -1.73. The Kier molecular flexibility index (Phi) is 6.29. The minimum Gasteiger partial charge on any atom is -0.505 e. The molecule has 2 atom stereocenters. The summed E-state index contributed by atoms with van der Waals surface area (Å²) >= 11 is 5.26. The van der Waals surface area contributed by atoms with Crippen LogP contribution >= 0.6 is 12.2 Å². The van der Waals surface area contributed by atoms with Crippen LogP contribution in [0.3, 0.4) is 0 Å². The van der Waals surface area contributed by atoms with Gasteiger partial charge in [-0.15, -0.1) is 0 Å². The molecule has 1 aromatic rings. The van der Waals surface area contributed by atoms with Gasteiger partial charge in [0, 0.05) is 23.4 Å². The molecule has 6 nitrogen and oxygen atoms in total. The van der Waals surface area contributed by atoms with Crippen molar-refractivity contribution < 1.29 is 10.2 Å². The zero-order valence-electron chi connectivity index (χ0n) is 13.5. The van der Waals surface area contributed by atoms with Crippen molar-refractivity contribution in [2.45, 2.75) is 52.2 Å². The number of aromatic hydroxyl groups is 1. The van der Waals surface area contributed by atoms with E-state index in [1.165, 1.54) is 31.7 Å². The number of pyridine rings is 1. The molecule has 1 aliphatic rings. The average molecular weight is 336 g/mol. The van der Waals surface area contributed by atoms with E-state index in [2.05, 4.69) is 27.8 Å². The van der Waals surface area contributed by atoms with E-state index in [-0.39, 0.29) is 12.4 Å². The van der Waals surface area contributed by atoms with Crippen LogP contribution in [0, 0.1) is 12.8 Å². The zero-order valence-corrected chi connectivity index (χ0v) is 14.4. The van der Waals surface area contributed by atoms with Crippen LogP contribution in [0.25, 0.3) is 0 Å². The molecular formula is C16H24N4O2S. The van der Waals surface area contributed by atoms with E-state index in [0.29, 0.717) is 33.9 Å². The van der Waals surface area contributed by atoms with Gasteiger partial charge < -0.3 is 15.5 Å². The second-order valence-electron chi connectivity index (χ2n) is 6.00. The van der Waals surface area contributed by atoms with E-state index < -0.39 is 0 Å². The summed E-state index contributed by atoms with van der Waals surface area (Å²) < 4.78 is 0. The molecule has 0 amide bonds. The van der Waals surface area contributed by atoms with Crippen molar-refractivity contribution in [1.29, 1.82) is 0 Å². The predicted molar refractivity (Wildman–Crippen MR) is 94.4 cm³/mol. The Morgan fingerprint density at radius 2 is 2.22 bits per heavy atom. The Morgan fingerprint density at radius 1 is 1.48 bits per heavy atom. The maximum atomic E-state index is 10.0. The van der Waals surface area contributed by atoms with Crippen LogP contribution in [0.4, 0.5) is 0 Å². The lowest BCUT2D eigenvalue weighted by Gasteiger charge is -2.30. The third-order valence-corrected chi connectivity index (χ3v) is 4.53. The number of nitrogens with one attached hydrogen (secondary N) is 2. The number of nitrogens with zero attached hydrogens (tertiary/aromatic N) is 2. The first-order chi connectivity index (χ1) is 11.0. The van der Waals surface area contributed by atoms with Gasteiger partial charge in [-0.25, -0.2) is 0 Å².